The lowest BCUT2D eigenvalue weighted by atomic mass is 9.94. The third-order valence-electron chi connectivity index (χ3n) is 6.19. The van der Waals surface area contributed by atoms with Crippen LogP contribution in [0.1, 0.15) is 53.6 Å². The fraction of sp³-hybridized carbons (Fsp3) is 0.458. The number of hydrogen-bond acceptors (Lipinski definition) is 3. The van der Waals surface area contributed by atoms with Gasteiger partial charge in [0.1, 0.15) is 0 Å². The van der Waals surface area contributed by atoms with Gasteiger partial charge in [0.05, 0.1) is 11.8 Å². The Balaban J connectivity index is 1.57. The Bertz CT molecular complexity index is 1040. The molecular formula is C24H31BrN2O3S. The molecule has 1 fully saturated rings. The van der Waals surface area contributed by atoms with Gasteiger partial charge in [-0.1, -0.05) is 40.2 Å². The summed E-state index contributed by atoms with van der Waals surface area (Å²) < 4.78 is 28.0. The molecular weight excluding hydrogens is 476 g/mol. The number of carbonyl (C=O) groups is 1. The minimum atomic E-state index is -3.39. The molecule has 0 radical (unpaired) electrons. The van der Waals surface area contributed by atoms with E-state index in [0.717, 1.165) is 15.6 Å². The van der Waals surface area contributed by atoms with Gasteiger partial charge in [-0.05, 0) is 80.5 Å². The number of rotatable bonds is 6. The predicted molar refractivity (Wildman–Crippen MR) is 128 cm³/mol. The zero-order chi connectivity index (χ0) is 22.8. The van der Waals surface area contributed by atoms with Crippen molar-refractivity contribution in [3.8, 4) is 0 Å². The number of halogens is 1. The van der Waals surface area contributed by atoms with Gasteiger partial charge in [-0.25, -0.2) is 12.7 Å². The van der Waals surface area contributed by atoms with Crippen LogP contribution in [0, 0.1) is 26.7 Å². The second-order valence-electron chi connectivity index (χ2n) is 8.58. The lowest BCUT2D eigenvalue weighted by Crippen LogP contribution is -2.43. The SMILES string of the molecule is Cc1cc(C)c([C@@H](C)NC(=O)C2CCN(S(=O)(=O)Cc3ccc(Br)cc3)CC2)cc1C. The molecule has 1 saturated heterocycles. The van der Waals surface area contributed by atoms with Gasteiger partial charge in [-0.3, -0.25) is 4.79 Å². The van der Waals surface area contributed by atoms with Crippen molar-refractivity contribution in [2.24, 2.45) is 5.92 Å². The first-order chi connectivity index (χ1) is 14.6. The monoisotopic (exact) mass is 506 g/mol. The first-order valence-electron chi connectivity index (χ1n) is 10.7. The molecule has 1 atom stereocenters. The van der Waals surface area contributed by atoms with Gasteiger partial charge >= 0.3 is 0 Å². The Labute approximate surface area is 194 Å². The molecule has 1 heterocycles. The lowest BCUT2D eigenvalue weighted by molar-refractivity contribution is -0.126. The van der Waals surface area contributed by atoms with E-state index in [1.807, 2.05) is 31.2 Å². The van der Waals surface area contributed by atoms with E-state index < -0.39 is 10.0 Å². The molecule has 1 N–H and O–H groups in total. The van der Waals surface area contributed by atoms with Crippen molar-refractivity contribution in [2.45, 2.75) is 52.3 Å². The fourth-order valence-electron chi connectivity index (χ4n) is 4.14. The van der Waals surface area contributed by atoms with Gasteiger partial charge in [0.25, 0.3) is 0 Å². The Hall–Kier alpha value is -1.70. The first kappa shape index (κ1) is 24.0. The molecule has 0 saturated carbocycles. The van der Waals surface area contributed by atoms with Crippen LogP contribution in [-0.4, -0.2) is 31.7 Å². The molecule has 0 bridgehead atoms. The van der Waals surface area contributed by atoms with Crippen LogP contribution >= 0.6 is 15.9 Å². The zero-order valence-electron chi connectivity index (χ0n) is 18.6. The number of piperidine rings is 1. The molecule has 0 aliphatic carbocycles. The molecule has 1 amide bonds. The van der Waals surface area contributed by atoms with E-state index in [-0.39, 0.29) is 23.6 Å². The molecule has 5 nitrogen and oxygen atoms in total. The quantitative estimate of drug-likeness (QED) is 0.611. The van der Waals surface area contributed by atoms with Crippen LogP contribution in [0.15, 0.2) is 40.9 Å². The molecule has 1 aliphatic heterocycles. The molecule has 2 aromatic carbocycles. The van der Waals surface area contributed by atoms with E-state index in [2.05, 4.69) is 54.2 Å². The third-order valence-corrected chi connectivity index (χ3v) is 8.57. The number of aryl methyl sites for hydroxylation is 3. The molecule has 0 unspecified atom stereocenters. The summed E-state index contributed by atoms with van der Waals surface area (Å²) in [6.07, 6.45) is 1.09. The number of hydrogen-bond donors (Lipinski definition) is 1. The van der Waals surface area contributed by atoms with Crippen LogP contribution < -0.4 is 5.32 Å². The number of nitrogens with zero attached hydrogens (tertiary/aromatic N) is 1. The van der Waals surface area contributed by atoms with E-state index in [4.69, 9.17) is 0 Å². The van der Waals surface area contributed by atoms with Gasteiger partial charge in [-0.15, -0.1) is 0 Å². The topological polar surface area (TPSA) is 66.5 Å². The highest BCUT2D eigenvalue weighted by atomic mass is 79.9. The highest BCUT2D eigenvalue weighted by Crippen LogP contribution is 2.25. The molecule has 1 aliphatic rings. The predicted octanol–water partition coefficient (Wildman–Crippen LogP) is 4.79. The summed E-state index contributed by atoms with van der Waals surface area (Å²) in [7, 11) is -3.39. The van der Waals surface area contributed by atoms with E-state index >= 15 is 0 Å². The van der Waals surface area contributed by atoms with E-state index in [1.165, 1.54) is 21.0 Å². The summed E-state index contributed by atoms with van der Waals surface area (Å²) in [5, 5.41) is 3.14. The normalized spacial score (nSPS) is 16.8. The van der Waals surface area contributed by atoms with Crippen LogP contribution in [0.3, 0.4) is 0 Å². The highest BCUT2D eigenvalue weighted by Gasteiger charge is 2.31. The van der Waals surface area contributed by atoms with Crippen molar-refractivity contribution in [3.05, 3.63) is 68.7 Å². The van der Waals surface area contributed by atoms with Crippen molar-refractivity contribution in [2.75, 3.05) is 13.1 Å². The van der Waals surface area contributed by atoms with Gasteiger partial charge in [0.2, 0.25) is 15.9 Å². The summed E-state index contributed by atoms with van der Waals surface area (Å²) in [4.78, 5) is 12.8. The minimum Gasteiger partial charge on any atom is -0.349 e. The zero-order valence-corrected chi connectivity index (χ0v) is 21.0. The number of sulfonamides is 1. The van der Waals surface area contributed by atoms with Crippen LogP contribution in [0.4, 0.5) is 0 Å². The summed E-state index contributed by atoms with van der Waals surface area (Å²) in [5.74, 6) is -0.163. The number of nitrogens with one attached hydrogen (secondary N) is 1. The van der Waals surface area contributed by atoms with E-state index in [9.17, 15) is 13.2 Å². The summed E-state index contributed by atoms with van der Waals surface area (Å²) in [6.45, 7) is 9.01. The average Bonchev–Trinajstić information content (AvgIpc) is 2.72. The van der Waals surface area contributed by atoms with Crippen LogP contribution in [0.2, 0.25) is 0 Å². The van der Waals surface area contributed by atoms with Crippen LogP contribution in [0.25, 0.3) is 0 Å². The fourth-order valence-corrected chi connectivity index (χ4v) is 5.96. The molecule has 3 rings (SSSR count). The van der Waals surface area contributed by atoms with Crippen LogP contribution in [0.5, 0.6) is 0 Å². The van der Waals surface area contributed by atoms with Crippen molar-refractivity contribution in [1.82, 2.24) is 9.62 Å². The molecule has 31 heavy (non-hydrogen) atoms. The van der Waals surface area contributed by atoms with Crippen molar-refractivity contribution in [3.63, 3.8) is 0 Å². The first-order valence-corrected chi connectivity index (χ1v) is 13.1. The Morgan fingerprint density at radius 2 is 1.65 bits per heavy atom. The lowest BCUT2D eigenvalue weighted by Gasteiger charge is -2.31. The summed E-state index contributed by atoms with van der Waals surface area (Å²) in [6, 6.07) is 11.6. The molecule has 168 valence electrons. The summed E-state index contributed by atoms with van der Waals surface area (Å²) in [5.41, 5.74) is 5.53. The maximum atomic E-state index is 12.8. The largest absolute Gasteiger partial charge is 0.349 e. The average molecular weight is 507 g/mol. The molecule has 0 spiro atoms. The standard InChI is InChI=1S/C24H31BrN2O3S/c1-16-13-18(3)23(14-17(16)2)19(4)26-24(28)21-9-11-27(12-10-21)31(29,30)15-20-5-7-22(25)8-6-20/h5-8,13-14,19,21H,9-12,15H2,1-4H3,(H,26,28)/t19-/m1/s1. The van der Waals surface area contributed by atoms with Gasteiger partial charge < -0.3 is 5.32 Å². The molecule has 0 aromatic heterocycles. The number of amides is 1. The molecule has 7 heteroatoms. The third kappa shape index (κ3) is 5.96. The van der Waals surface area contributed by atoms with Crippen molar-refractivity contribution in [1.29, 1.82) is 0 Å². The van der Waals surface area contributed by atoms with Gasteiger partial charge in [0.15, 0.2) is 0 Å². The minimum absolute atomic E-state index is 0.00934. The number of carbonyl (C=O) groups excluding carboxylic acids is 1. The highest BCUT2D eigenvalue weighted by molar-refractivity contribution is 9.10. The second-order valence-corrected chi connectivity index (χ2v) is 11.5. The van der Waals surface area contributed by atoms with E-state index in [0.29, 0.717) is 25.9 Å². The van der Waals surface area contributed by atoms with Gasteiger partial charge in [0, 0.05) is 23.5 Å². The smallest absolute Gasteiger partial charge is 0.223 e. The van der Waals surface area contributed by atoms with Gasteiger partial charge in [-0.2, -0.15) is 0 Å². The second kappa shape index (κ2) is 9.84. The maximum absolute atomic E-state index is 12.8. The Morgan fingerprint density at radius 3 is 2.26 bits per heavy atom. The maximum Gasteiger partial charge on any atom is 0.223 e. The molecule has 2 aromatic rings. The van der Waals surface area contributed by atoms with Crippen LogP contribution in [-0.2, 0) is 20.6 Å². The van der Waals surface area contributed by atoms with E-state index in [1.54, 1.807) is 0 Å². The Morgan fingerprint density at radius 1 is 1.06 bits per heavy atom. The van der Waals surface area contributed by atoms with Crippen molar-refractivity contribution >= 4 is 31.9 Å². The number of benzene rings is 2. The van der Waals surface area contributed by atoms with Crippen molar-refractivity contribution < 1.29 is 13.2 Å². The Kier molecular flexibility index (Phi) is 7.60. The summed E-state index contributed by atoms with van der Waals surface area (Å²) >= 11 is 3.37.